The molecule has 1 aliphatic heterocycles. The van der Waals surface area contributed by atoms with Crippen molar-refractivity contribution >= 4 is 22.5 Å². The fraction of sp³-hybridized carbons (Fsp3) is 0.200. The monoisotopic (exact) mass is 422 g/mol. The summed E-state index contributed by atoms with van der Waals surface area (Å²) in [6.45, 7) is 4.44. The van der Waals surface area contributed by atoms with Crippen LogP contribution in [0.3, 0.4) is 0 Å². The van der Waals surface area contributed by atoms with Crippen LogP contribution in [-0.4, -0.2) is 32.5 Å². The first-order valence-electron chi connectivity index (χ1n) is 10.4. The average molecular weight is 422 g/mol. The molecule has 0 fully saturated rings. The zero-order valence-electron chi connectivity index (χ0n) is 17.9. The van der Waals surface area contributed by atoms with E-state index >= 15 is 0 Å². The number of carbonyl (C=O) groups is 1. The molecule has 0 unspecified atom stereocenters. The molecule has 1 aliphatic rings. The molecule has 7 heteroatoms. The van der Waals surface area contributed by atoms with Crippen molar-refractivity contribution in [2.75, 3.05) is 12.3 Å². The van der Waals surface area contributed by atoms with Gasteiger partial charge in [0.2, 0.25) is 0 Å². The first-order valence-corrected chi connectivity index (χ1v) is 10.4. The topological polar surface area (TPSA) is 112 Å². The lowest BCUT2D eigenvalue weighted by atomic mass is 9.94. The SMILES string of the molecule is CC(C)(C#N)CN1Cc2c(-c3ccc4[nH]nc(-c5ccccn5)c4c3)ccc(N)c2C1=O. The van der Waals surface area contributed by atoms with E-state index in [4.69, 9.17) is 5.73 Å². The van der Waals surface area contributed by atoms with E-state index in [0.29, 0.717) is 24.3 Å². The van der Waals surface area contributed by atoms with Crippen LogP contribution in [0, 0.1) is 16.7 Å². The molecule has 3 heterocycles. The number of nitrogens with two attached hydrogens (primary N) is 1. The normalized spacial score (nSPS) is 13.4. The Hall–Kier alpha value is -4.18. The highest BCUT2D eigenvalue weighted by molar-refractivity contribution is 6.05. The molecule has 0 atom stereocenters. The van der Waals surface area contributed by atoms with Gasteiger partial charge in [-0.2, -0.15) is 10.4 Å². The van der Waals surface area contributed by atoms with Gasteiger partial charge < -0.3 is 10.6 Å². The van der Waals surface area contributed by atoms with Crippen LogP contribution in [0.4, 0.5) is 5.69 Å². The van der Waals surface area contributed by atoms with Crippen LogP contribution >= 0.6 is 0 Å². The minimum absolute atomic E-state index is 0.124. The summed E-state index contributed by atoms with van der Waals surface area (Å²) < 4.78 is 0. The number of hydrogen-bond donors (Lipinski definition) is 2. The summed E-state index contributed by atoms with van der Waals surface area (Å²) in [7, 11) is 0. The molecule has 0 bridgehead atoms. The van der Waals surface area contributed by atoms with Gasteiger partial charge in [0.25, 0.3) is 5.91 Å². The molecule has 0 aliphatic carbocycles. The Morgan fingerprint density at radius 1 is 1.22 bits per heavy atom. The number of nitrogen functional groups attached to an aromatic ring is 1. The van der Waals surface area contributed by atoms with E-state index in [1.807, 2.05) is 50.2 Å². The maximum Gasteiger partial charge on any atom is 0.256 e. The van der Waals surface area contributed by atoms with E-state index in [9.17, 15) is 10.1 Å². The van der Waals surface area contributed by atoms with Gasteiger partial charge in [-0.05, 0) is 60.9 Å². The number of carbonyl (C=O) groups excluding carboxylic acids is 1. The average Bonchev–Trinajstić information content (AvgIpc) is 3.36. The summed E-state index contributed by atoms with van der Waals surface area (Å²) in [4.78, 5) is 19.3. The lowest BCUT2D eigenvalue weighted by Crippen LogP contribution is -2.33. The predicted octanol–water partition coefficient (Wildman–Crippen LogP) is 4.38. The van der Waals surface area contributed by atoms with Crippen molar-refractivity contribution in [3.8, 4) is 28.6 Å². The second-order valence-corrected chi connectivity index (χ2v) is 8.76. The fourth-order valence-corrected chi connectivity index (χ4v) is 4.29. The van der Waals surface area contributed by atoms with Gasteiger partial charge in [0.1, 0.15) is 5.69 Å². The standard InChI is InChI=1S/C25H22N6O/c1-25(2,13-26)14-31-12-18-16(7-8-19(27)22(18)24(31)32)15-6-9-20-17(11-15)23(30-29-20)21-5-3-4-10-28-21/h3-11H,12,14,27H2,1-2H3,(H,29,30). The lowest BCUT2D eigenvalue weighted by molar-refractivity contribution is 0.0739. The van der Waals surface area contributed by atoms with Crippen LogP contribution < -0.4 is 5.73 Å². The largest absolute Gasteiger partial charge is 0.398 e. The van der Waals surface area contributed by atoms with Gasteiger partial charge in [-0.25, -0.2) is 0 Å². The number of nitriles is 1. The van der Waals surface area contributed by atoms with Gasteiger partial charge >= 0.3 is 0 Å². The van der Waals surface area contributed by atoms with Crippen molar-refractivity contribution in [2.24, 2.45) is 5.41 Å². The van der Waals surface area contributed by atoms with Gasteiger partial charge in [0.05, 0.1) is 28.3 Å². The molecule has 7 nitrogen and oxygen atoms in total. The first kappa shape index (κ1) is 19.8. The number of nitrogens with zero attached hydrogens (tertiary/aromatic N) is 4. The fourth-order valence-electron chi connectivity index (χ4n) is 4.29. The van der Waals surface area contributed by atoms with E-state index in [1.165, 1.54) is 0 Å². The number of hydrogen-bond acceptors (Lipinski definition) is 5. The number of rotatable bonds is 4. The van der Waals surface area contributed by atoms with Crippen molar-refractivity contribution < 1.29 is 4.79 Å². The number of pyridine rings is 1. The van der Waals surface area contributed by atoms with Gasteiger partial charge in [-0.1, -0.05) is 18.2 Å². The van der Waals surface area contributed by atoms with Crippen LogP contribution in [0.2, 0.25) is 0 Å². The van der Waals surface area contributed by atoms with Crippen LogP contribution in [0.25, 0.3) is 33.4 Å². The summed E-state index contributed by atoms with van der Waals surface area (Å²) in [5.74, 6) is -0.124. The van der Waals surface area contributed by atoms with Gasteiger partial charge in [0, 0.05) is 30.4 Å². The summed E-state index contributed by atoms with van der Waals surface area (Å²) in [5.41, 5.74) is 11.9. The Morgan fingerprint density at radius 2 is 2.06 bits per heavy atom. The molecule has 5 rings (SSSR count). The third kappa shape index (κ3) is 3.17. The highest BCUT2D eigenvalue weighted by atomic mass is 16.2. The maximum atomic E-state index is 13.1. The Morgan fingerprint density at radius 3 is 2.81 bits per heavy atom. The minimum Gasteiger partial charge on any atom is -0.398 e. The van der Waals surface area contributed by atoms with Crippen molar-refractivity contribution in [1.29, 1.82) is 5.26 Å². The Bertz CT molecular complexity index is 1400. The molecular weight excluding hydrogens is 400 g/mol. The Kier molecular flexibility index (Phi) is 4.45. The summed E-state index contributed by atoms with van der Waals surface area (Å²) in [6, 6.07) is 17.8. The second-order valence-electron chi connectivity index (χ2n) is 8.76. The molecule has 2 aromatic carbocycles. The van der Waals surface area contributed by atoms with E-state index < -0.39 is 5.41 Å². The van der Waals surface area contributed by atoms with E-state index in [0.717, 1.165) is 39.0 Å². The van der Waals surface area contributed by atoms with Crippen molar-refractivity contribution in [3.05, 3.63) is 65.9 Å². The van der Waals surface area contributed by atoms with Gasteiger partial charge in [0.15, 0.2) is 0 Å². The molecule has 1 amide bonds. The highest BCUT2D eigenvalue weighted by Gasteiger charge is 2.35. The molecular formula is C25H22N6O. The van der Waals surface area contributed by atoms with Gasteiger partial charge in [-0.3, -0.25) is 14.9 Å². The number of benzene rings is 2. The van der Waals surface area contributed by atoms with E-state index in [-0.39, 0.29) is 5.91 Å². The number of aromatic amines is 1. The van der Waals surface area contributed by atoms with E-state index in [1.54, 1.807) is 17.2 Å². The molecule has 0 saturated carbocycles. The van der Waals surface area contributed by atoms with Crippen molar-refractivity contribution in [2.45, 2.75) is 20.4 Å². The molecule has 3 N–H and O–H groups in total. The summed E-state index contributed by atoms with van der Waals surface area (Å²) in [5, 5.41) is 17.9. The van der Waals surface area contributed by atoms with Crippen molar-refractivity contribution in [3.63, 3.8) is 0 Å². The predicted molar refractivity (Wildman–Crippen MR) is 123 cm³/mol. The molecule has 0 spiro atoms. The number of anilines is 1. The zero-order chi connectivity index (χ0) is 22.5. The molecule has 0 radical (unpaired) electrons. The number of nitrogens with one attached hydrogen (secondary N) is 1. The van der Waals surface area contributed by atoms with Crippen molar-refractivity contribution in [1.82, 2.24) is 20.1 Å². The number of aromatic nitrogens is 3. The molecule has 32 heavy (non-hydrogen) atoms. The number of amides is 1. The van der Waals surface area contributed by atoms with Crippen LogP contribution in [0.15, 0.2) is 54.7 Å². The smallest absolute Gasteiger partial charge is 0.256 e. The van der Waals surface area contributed by atoms with E-state index in [2.05, 4.69) is 27.3 Å². The second kappa shape index (κ2) is 7.20. The van der Waals surface area contributed by atoms with Gasteiger partial charge in [-0.15, -0.1) is 0 Å². The number of fused-ring (bicyclic) bond motifs is 2. The molecule has 0 saturated heterocycles. The molecule has 158 valence electrons. The molecule has 2 aromatic heterocycles. The zero-order valence-corrected chi connectivity index (χ0v) is 17.9. The third-order valence-corrected chi connectivity index (χ3v) is 5.87. The minimum atomic E-state index is -0.639. The third-order valence-electron chi connectivity index (χ3n) is 5.87. The summed E-state index contributed by atoms with van der Waals surface area (Å²) in [6.07, 6.45) is 1.75. The maximum absolute atomic E-state index is 13.1. The summed E-state index contributed by atoms with van der Waals surface area (Å²) >= 11 is 0. The first-order chi connectivity index (χ1) is 15.4. The quantitative estimate of drug-likeness (QED) is 0.474. The number of H-pyrrole nitrogens is 1. The van der Waals surface area contributed by atoms with Crippen LogP contribution in [0.1, 0.15) is 29.8 Å². The lowest BCUT2D eigenvalue weighted by Gasteiger charge is -2.23. The molecule has 4 aromatic rings. The van der Waals surface area contributed by atoms with Crippen LogP contribution in [0.5, 0.6) is 0 Å². The highest BCUT2D eigenvalue weighted by Crippen LogP contribution is 2.38. The Labute approximate surface area is 185 Å². The Balaban J connectivity index is 1.61. The van der Waals surface area contributed by atoms with Crippen LogP contribution in [-0.2, 0) is 6.54 Å².